The van der Waals surface area contributed by atoms with Crippen molar-refractivity contribution in [1.82, 2.24) is 26.7 Å². The average Bonchev–Trinajstić information content (AvgIpc) is 3.05. The van der Waals surface area contributed by atoms with E-state index >= 15 is 0 Å². The van der Waals surface area contributed by atoms with E-state index in [0.29, 0.717) is 65.6 Å². The molecule has 10 N–H and O–H groups in total. The Morgan fingerprint density at radius 2 is 1.15 bits per heavy atom. The van der Waals surface area contributed by atoms with E-state index in [2.05, 4.69) is 21.3 Å². The Hall–Kier alpha value is -3.01. The lowest BCUT2D eigenvalue weighted by Crippen LogP contribution is -2.64. The monoisotopic (exact) mass is 680 g/mol. The van der Waals surface area contributed by atoms with Crippen molar-refractivity contribution in [2.75, 3.05) is 72.5 Å². The van der Waals surface area contributed by atoms with Crippen LogP contribution in [0.2, 0.25) is 0 Å². The van der Waals surface area contributed by atoms with Crippen LogP contribution in [0.15, 0.2) is 0 Å². The number of rotatable bonds is 26. The van der Waals surface area contributed by atoms with Gasteiger partial charge in [-0.25, -0.2) is 5.84 Å². The highest BCUT2D eigenvalue weighted by atomic mass is 16.7. The van der Waals surface area contributed by atoms with Crippen LogP contribution in [0.4, 0.5) is 0 Å². The minimum absolute atomic E-state index is 0.00792. The van der Waals surface area contributed by atoms with Crippen LogP contribution in [0.1, 0.15) is 45.4 Å². The lowest BCUT2D eigenvalue weighted by molar-refractivity contribution is -0.269. The summed E-state index contributed by atoms with van der Waals surface area (Å²) in [4.78, 5) is 58.0. The van der Waals surface area contributed by atoms with E-state index in [1.54, 1.807) is 0 Å². The van der Waals surface area contributed by atoms with Crippen molar-refractivity contribution >= 4 is 29.5 Å². The molecule has 1 saturated heterocycles. The summed E-state index contributed by atoms with van der Waals surface area (Å²) in [6.45, 7) is 3.95. The number of carbonyl (C=O) groups excluding carboxylic acids is 5. The second-order valence-corrected chi connectivity index (χ2v) is 10.5. The molecule has 0 aromatic carbocycles. The smallest absolute Gasteiger partial charge is 0.234 e. The maximum absolute atomic E-state index is 12.1. The molecule has 0 aliphatic carbocycles. The molecular formula is C28H52N6O13. The Morgan fingerprint density at radius 1 is 0.681 bits per heavy atom. The van der Waals surface area contributed by atoms with E-state index in [-0.39, 0.29) is 56.6 Å². The first-order valence-corrected chi connectivity index (χ1v) is 15.6. The molecule has 1 aliphatic heterocycles. The van der Waals surface area contributed by atoms with Gasteiger partial charge in [0.05, 0.1) is 39.6 Å². The third-order valence-electron chi connectivity index (χ3n) is 6.60. The second kappa shape index (κ2) is 26.0. The van der Waals surface area contributed by atoms with Gasteiger partial charge < -0.3 is 60.3 Å². The number of hydrazine groups is 1. The minimum atomic E-state index is -1.43. The molecule has 19 heteroatoms. The van der Waals surface area contributed by atoms with E-state index < -0.39 is 49.1 Å². The number of hydrogen-bond donors (Lipinski definition) is 9. The SMILES string of the molecule is CC(=O)N[C@H]1[C@H](OCCNC(=O)CCC(=O)NCCCOCCOCCOCCCNC(=O)CCC(=O)NN)O[C@H](CO)[C@@H](O)[C@@H]1O. The molecule has 19 nitrogen and oxygen atoms in total. The summed E-state index contributed by atoms with van der Waals surface area (Å²) < 4.78 is 27.2. The van der Waals surface area contributed by atoms with Crippen molar-refractivity contribution in [3.05, 3.63) is 0 Å². The van der Waals surface area contributed by atoms with Gasteiger partial charge in [-0.3, -0.25) is 29.4 Å². The van der Waals surface area contributed by atoms with Gasteiger partial charge in [-0.1, -0.05) is 0 Å². The van der Waals surface area contributed by atoms with Gasteiger partial charge in [0.1, 0.15) is 24.4 Å². The van der Waals surface area contributed by atoms with E-state index in [0.717, 1.165) is 0 Å². The maximum Gasteiger partial charge on any atom is 0.234 e. The van der Waals surface area contributed by atoms with Gasteiger partial charge in [0.25, 0.3) is 0 Å². The number of ether oxygens (including phenoxy) is 5. The molecule has 0 saturated carbocycles. The van der Waals surface area contributed by atoms with Gasteiger partial charge in [0, 0.05) is 65.5 Å². The highest BCUT2D eigenvalue weighted by Gasteiger charge is 2.45. The Kier molecular flexibility index (Phi) is 23.2. The molecule has 5 atom stereocenters. The van der Waals surface area contributed by atoms with Crippen molar-refractivity contribution < 1.29 is 63.0 Å². The number of aliphatic hydroxyl groups is 3. The molecule has 1 rings (SSSR count). The zero-order valence-electron chi connectivity index (χ0n) is 26.9. The van der Waals surface area contributed by atoms with Crippen molar-refractivity contribution in [2.24, 2.45) is 5.84 Å². The zero-order valence-corrected chi connectivity index (χ0v) is 26.9. The molecular weight excluding hydrogens is 628 g/mol. The van der Waals surface area contributed by atoms with Crippen LogP contribution in [-0.4, -0.2) is 148 Å². The van der Waals surface area contributed by atoms with E-state index in [1.807, 2.05) is 5.43 Å². The first-order chi connectivity index (χ1) is 22.6. The van der Waals surface area contributed by atoms with Crippen LogP contribution in [0.3, 0.4) is 0 Å². The van der Waals surface area contributed by atoms with Crippen molar-refractivity contribution in [1.29, 1.82) is 0 Å². The van der Waals surface area contributed by atoms with Crippen molar-refractivity contribution in [2.45, 2.75) is 76.1 Å². The molecule has 0 aromatic heterocycles. The number of nitrogens with two attached hydrogens (primary N) is 1. The fourth-order valence-corrected chi connectivity index (χ4v) is 4.12. The average molecular weight is 681 g/mol. The predicted molar refractivity (Wildman–Crippen MR) is 163 cm³/mol. The van der Waals surface area contributed by atoms with E-state index in [9.17, 15) is 39.3 Å². The summed E-state index contributed by atoms with van der Waals surface area (Å²) in [5, 5.41) is 40.1. The Labute approximate surface area is 273 Å². The molecule has 0 bridgehead atoms. The molecule has 0 aromatic rings. The normalized spacial score (nSPS) is 20.7. The van der Waals surface area contributed by atoms with Gasteiger partial charge >= 0.3 is 0 Å². The second-order valence-electron chi connectivity index (χ2n) is 10.5. The Bertz CT molecular complexity index is 931. The van der Waals surface area contributed by atoms with Crippen LogP contribution in [0.25, 0.3) is 0 Å². The molecule has 0 unspecified atom stereocenters. The number of hydrogen-bond acceptors (Lipinski definition) is 14. The molecule has 272 valence electrons. The van der Waals surface area contributed by atoms with Gasteiger partial charge in [-0.05, 0) is 12.8 Å². The van der Waals surface area contributed by atoms with Crippen molar-refractivity contribution in [3.63, 3.8) is 0 Å². The summed E-state index contributed by atoms with van der Waals surface area (Å²) in [6, 6.07) is -1.08. The van der Waals surface area contributed by atoms with Crippen LogP contribution in [0.5, 0.6) is 0 Å². The Balaban J connectivity index is 1.96. The van der Waals surface area contributed by atoms with Gasteiger partial charge in [-0.15, -0.1) is 0 Å². The fourth-order valence-electron chi connectivity index (χ4n) is 4.12. The van der Waals surface area contributed by atoms with Gasteiger partial charge in [0.15, 0.2) is 6.29 Å². The highest BCUT2D eigenvalue weighted by Crippen LogP contribution is 2.22. The minimum Gasteiger partial charge on any atom is -0.394 e. The first-order valence-electron chi connectivity index (χ1n) is 15.6. The summed E-state index contributed by atoms with van der Waals surface area (Å²) in [5.41, 5.74) is 1.96. The molecule has 1 fully saturated rings. The van der Waals surface area contributed by atoms with E-state index in [4.69, 9.17) is 29.5 Å². The van der Waals surface area contributed by atoms with Gasteiger partial charge in [-0.2, -0.15) is 0 Å². The van der Waals surface area contributed by atoms with Crippen LogP contribution < -0.4 is 32.5 Å². The molecule has 1 heterocycles. The quantitative estimate of drug-likeness (QED) is 0.0181. The number of carbonyl (C=O) groups is 5. The largest absolute Gasteiger partial charge is 0.394 e. The molecule has 1 aliphatic rings. The molecule has 0 spiro atoms. The van der Waals surface area contributed by atoms with Crippen LogP contribution in [0, 0.1) is 0 Å². The summed E-state index contributed by atoms with van der Waals surface area (Å²) in [6.07, 6.45) is -3.84. The standard InChI is InChI=1S/C28H52N6O13/c1-19(36)33-25-27(42)26(41)20(18-35)47-28(25)46-13-10-32-23(39)5-4-21(37)30-8-2-11-43-14-16-45-17-15-44-12-3-9-31-22(38)6-7-24(40)34-29/h20,25-28,35,41-42H,2-18,29H2,1H3,(H,30,37)(H,31,38)(H,32,39)(H,33,36)(H,34,40)/t20-,25-,26-,27-,28-/m1/s1. The number of amides is 5. The molecule has 5 amide bonds. The topological polar surface area (TPSA) is 278 Å². The highest BCUT2D eigenvalue weighted by molar-refractivity contribution is 5.84. The number of nitrogens with one attached hydrogen (secondary N) is 5. The summed E-state index contributed by atoms with van der Waals surface area (Å²) in [7, 11) is 0. The molecule has 0 radical (unpaired) electrons. The molecule has 47 heavy (non-hydrogen) atoms. The lowest BCUT2D eigenvalue weighted by atomic mass is 9.97. The maximum atomic E-state index is 12.1. The first kappa shape index (κ1) is 42.0. The zero-order chi connectivity index (χ0) is 34.9. The van der Waals surface area contributed by atoms with Crippen LogP contribution >= 0.6 is 0 Å². The number of aliphatic hydroxyl groups excluding tert-OH is 3. The third-order valence-corrected chi connectivity index (χ3v) is 6.60. The predicted octanol–water partition coefficient (Wildman–Crippen LogP) is -4.32. The third kappa shape index (κ3) is 20.1. The van der Waals surface area contributed by atoms with E-state index in [1.165, 1.54) is 6.92 Å². The fraction of sp³-hybridized carbons (Fsp3) is 0.821. The Morgan fingerprint density at radius 3 is 1.62 bits per heavy atom. The summed E-state index contributed by atoms with van der Waals surface area (Å²) >= 11 is 0. The van der Waals surface area contributed by atoms with Crippen LogP contribution in [-0.2, 0) is 47.7 Å². The lowest BCUT2D eigenvalue weighted by Gasteiger charge is -2.42. The van der Waals surface area contributed by atoms with Gasteiger partial charge in [0.2, 0.25) is 29.5 Å². The van der Waals surface area contributed by atoms with Crippen molar-refractivity contribution in [3.8, 4) is 0 Å². The summed E-state index contributed by atoms with van der Waals surface area (Å²) in [5.74, 6) is 3.20.